The van der Waals surface area contributed by atoms with Gasteiger partial charge in [-0.1, -0.05) is 30.3 Å². The number of benzene rings is 2. The molecule has 0 saturated carbocycles. The van der Waals surface area contributed by atoms with E-state index in [1.54, 1.807) is 0 Å². The number of hydrogen-bond donors (Lipinski definition) is 2. The van der Waals surface area contributed by atoms with E-state index in [1.807, 2.05) is 61.0 Å². The number of aromatic amines is 1. The molecule has 0 aliphatic carbocycles. The van der Waals surface area contributed by atoms with E-state index in [2.05, 4.69) is 21.4 Å². The van der Waals surface area contributed by atoms with Gasteiger partial charge in [0.05, 0.1) is 12.1 Å². The summed E-state index contributed by atoms with van der Waals surface area (Å²) in [7, 11) is 0. The average molecular weight is 347 g/mol. The van der Waals surface area contributed by atoms with E-state index in [0.717, 1.165) is 38.4 Å². The summed E-state index contributed by atoms with van der Waals surface area (Å²) in [5.41, 5.74) is 4.99. The van der Waals surface area contributed by atoms with Gasteiger partial charge in [0.15, 0.2) is 0 Å². The molecule has 2 aromatic heterocycles. The number of rotatable bonds is 4. The van der Waals surface area contributed by atoms with Crippen LogP contribution in [0.15, 0.2) is 60.1 Å². The summed E-state index contributed by atoms with van der Waals surface area (Å²) in [5, 5.41) is 6.88. The molecule has 0 atom stereocenters. The van der Waals surface area contributed by atoms with E-state index < -0.39 is 0 Å². The maximum Gasteiger partial charge on any atom is 0.231 e. The van der Waals surface area contributed by atoms with Crippen molar-refractivity contribution in [1.82, 2.24) is 9.97 Å². The minimum Gasteiger partial charge on any atom is -0.360 e. The molecule has 0 spiro atoms. The van der Waals surface area contributed by atoms with Crippen molar-refractivity contribution in [2.45, 2.75) is 13.3 Å². The van der Waals surface area contributed by atoms with E-state index in [9.17, 15) is 4.79 Å². The van der Waals surface area contributed by atoms with Crippen LogP contribution in [-0.2, 0) is 11.2 Å². The lowest BCUT2D eigenvalue weighted by atomic mass is 10.1. The zero-order valence-corrected chi connectivity index (χ0v) is 14.6. The smallest absolute Gasteiger partial charge is 0.231 e. The monoisotopic (exact) mass is 347 g/mol. The van der Waals surface area contributed by atoms with Gasteiger partial charge in [-0.3, -0.25) is 4.79 Å². The zero-order chi connectivity index (χ0) is 17.2. The number of para-hydroxylation sites is 1. The maximum atomic E-state index is 12.3. The number of hydrogen-bond acceptors (Lipinski definition) is 3. The number of H-pyrrole nitrogens is 1. The highest BCUT2D eigenvalue weighted by atomic mass is 32.1. The highest BCUT2D eigenvalue weighted by Gasteiger charge is 2.12. The molecular formula is C20H17N3OS. The molecule has 0 saturated heterocycles. The first kappa shape index (κ1) is 15.6. The largest absolute Gasteiger partial charge is 0.360 e. The predicted octanol–water partition coefficient (Wildman–Crippen LogP) is 4.78. The molecule has 4 rings (SSSR count). The van der Waals surface area contributed by atoms with Gasteiger partial charge < -0.3 is 10.3 Å². The van der Waals surface area contributed by atoms with Gasteiger partial charge in [0, 0.05) is 33.7 Å². The predicted molar refractivity (Wildman–Crippen MR) is 103 cm³/mol. The molecule has 1 amide bonds. The molecule has 4 aromatic rings. The number of aromatic nitrogens is 2. The molecule has 2 N–H and O–H groups in total. The summed E-state index contributed by atoms with van der Waals surface area (Å²) in [6, 6.07) is 15.9. The highest BCUT2D eigenvalue weighted by molar-refractivity contribution is 7.10. The molecule has 124 valence electrons. The van der Waals surface area contributed by atoms with Crippen molar-refractivity contribution in [1.29, 1.82) is 0 Å². The Kier molecular flexibility index (Phi) is 4.07. The lowest BCUT2D eigenvalue weighted by Crippen LogP contribution is -2.14. The van der Waals surface area contributed by atoms with Gasteiger partial charge in [0.25, 0.3) is 0 Å². The fraction of sp³-hybridized carbons (Fsp3) is 0.100. The van der Waals surface area contributed by atoms with E-state index >= 15 is 0 Å². The lowest BCUT2D eigenvalue weighted by molar-refractivity contribution is -0.115. The number of thiazole rings is 1. The SMILES string of the molecule is Cc1cccc(NC(=O)Cc2nc(-c3c[nH]c4ccccc34)cs2)c1. The number of carbonyl (C=O) groups excluding carboxylic acids is 1. The van der Waals surface area contributed by atoms with Gasteiger partial charge in [0.1, 0.15) is 5.01 Å². The summed E-state index contributed by atoms with van der Waals surface area (Å²) in [4.78, 5) is 20.2. The van der Waals surface area contributed by atoms with Crippen LogP contribution in [0.5, 0.6) is 0 Å². The van der Waals surface area contributed by atoms with Crippen LogP contribution in [0.3, 0.4) is 0 Å². The minimum atomic E-state index is -0.0505. The topological polar surface area (TPSA) is 57.8 Å². The van der Waals surface area contributed by atoms with Crippen molar-refractivity contribution in [2.75, 3.05) is 5.32 Å². The molecular weight excluding hydrogens is 330 g/mol. The number of amides is 1. The Balaban J connectivity index is 1.50. The van der Waals surface area contributed by atoms with E-state index in [-0.39, 0.29) is 12.3 Å². The molecule has 5 heteroatoms. The third-order valence-electron chi connectivity index (χ3n) is 4.03. The first-order valence-corrected chi connectivity index (χ1v) is 8.94. The number of anilines is 1. The molecule has 0 fully saturated rings. The fourth-order valence-corrected chi connectivity index (χ4v) is 3.66. The van der Waals surface area contributed by atoms with Crippen molar-refractivity contribution in [3.05, 3.63) is 70.7 Å². The summed E-state index contributed by atoms with van der Waals surface area (Å²) in [5.74, 6) is -0.0505. The van der Waals surface area contributed by atoms with Gasteiger partial charge in [-0.05, 0) is 30.7 Å². The first-order valence-electron chi connectivity index (χ1n) is 8.06. The van der Waals surface area contributed by atoms with Crippen LogP contribution in [0.2, 0.25) is 0 Å². The van der Waals surface area contributed by atoms with Crippen molar-refractivity contribution >= 4 is 33.8 Å². The van der Waals surface area contributed by atoms with Gasteiger partial charge in [-0.2, -0.15) is 0 Å². The second kappa shape index (κ2) is 6.53. The molecule has 0 bridgehead atoms. The van der Waals surface area contributed by atoms with E-state index in [4.69, 9.17) is 0 Å². The zero-order valence-electron chi connectivity index (χ0n) is 13.7. The van der Waals surface area contributed by atoms with Crippen molar-refractivity contribution in [2.24, 2.45) is 0 Å². The molecule has 0 aliphatic heterocycles. The van der Waals surface area contributed by atoms with Gasteiger partial charge in [-0.25, -0.2) is 4.98 Å². The Bertz CT molecular complexity index is 1050. The summed E-state index contributed by atoms with van der Waals surface area (Å²) in [6.45, 7) is 2.00. The van der Waals surface area contributed by atoms with Crippen LogP contribution >= 0.6 is 11.3 Å². The number of nitrogens with one attached hydrogen (secondary N) is 2. The molecule has 2 heterocycles. The number of nitrogens with zero attached hydrogens (tertiary/aromatic N) is 1. The van der Waals surface area contributed by atoms with E-state index in [0.29, 0.717) is 0 Å². The van der Waals surface area contributed by atoms with E-state index in [1.165, 1.54) is 11.3 Å². The minimum absolute atomic E-state index is 0.0505. The third kappa shape index (κ3) is 3.32. The molecule has 0 radical (unpaired) electrons. The van der Waals surface area contributed by atoms with Crippen molar-refractivity contribution in [3.63, 3.8) is 0 Å². The van der Waals surface area contributed by atoms with Crippen LogP contribution in [0.25, 0.3) is 22.2 Å². The van der Waals surface area contributed by atoms with Gasteiger partial charge >= 0.3 is 0 Å². The summed E-state index contributed by atoms with van der Waals surface area (Å²) in [6.07, 6.45) is 2.25. The Morgan fingerprint density at radius 3 is 2.96 bits per heavy atom. The molecule has 0 unspecified atom stereocenters. The second-order valence-electron chi connectivity index (χ2n) is 5.97. The molecule has 0 aliphatic rings. The van der Waals surface area contributed by atoms with Crippen LogP contribution in [0.1, 0.15) is 10.6 Å². The van der Waals surface area contributed by atoms with Crippen LogP contribution in [0, 0.1) is 6.92 Å². The Hall–Kier alpha value is -2.92. The van der Waals surface area contributed by atoms with Gasteiger partial charge in [0.2, 0.25) is 5.91 Å². The first-order chi connectivity index (χ1) is 12.2. The number of fused-ring (bicyclic) bond motifs is 1. The molecule has 2 aromatic carbocycles. The van der Waals surface area contributed by atoms with Gasteiger partial charge in [-0.15, -0.1) is 11.3 Å². The standard InChI is InChI=1S/C20H17N3OS/c1-13-5-4-6-14(9-13)22-19(24)10-20-23-18(12-25-20)16-11-21-17-8-3-2-7-15(16)17/h2-9,11-12,21H,10H2,1H3,(H,22,24). The average Bonchev–Trinajstić information content (AvgIpc) is 3.21. The highest BCUT2D eigenvalue weighted by Crippen LogP contribution is 2.29. The Morgan fingerprint density at radius 1 is 1.20 bits per heavy atom. The number of aryl methyl sites for hydroxylation is 1. The van der Waals surface area contributed by atoms with Crippen molar-refractivity contribution < 1.29 is 4.79 Å². The maximum absolute atomic E-state index is 12.3. The molecule has 4 nitrogen and oxygen atoms in total. The van der Waals surface area contributed by atoms with Crippen LogP contribution < -0.4 is 5.32 Å². The quantitative estimate of drug-likeness (QED) is 0.558. The summed E-state index contributed by atoms with van der Waals surface area (Å²) < 4.78 is 0. The third-order valence-corrected chi connectivity index (χ3v) is 4.88. The lowest BCUT2D eigenvalue weighted by Gasteiger charge is -2.04. The number of carbonyl (C=O) groups is 1. The second-order valence-corrected chi connectivity index (χ2v) is 6.91. The molecule has 25 heavy (non-hydrogen) atoms. The van der Waals surface area contributed by atoms with Crippen LogP contribution in [-0.4, -0.2) is 15.9 Å². The Morgan fingerprint density at radius 2 is 2.08 bits per heavy atom. The normalized spacial score (nSPS) is 10.9. The fourth-order valence-electron chi connectivity index (χ4n) is 2.86. The summed E-state index contributed by atoms with van der Waals surface area (Å²) >= 11 is 1.51. The van der Waals surface area contributed by atoms with Crippen molar-refractivity contribution in [3.8, 4) is 11.3 Å². The Labute approximate surface area is 149 Å². The van der Waals surface area contributed by atoms with Crippen LogP contribution in [0.4, 0.5) is 5.69 Å².